The average Bonchev–Trinajstić information content (AvgIpc) is 3.17. The minimum absolute atomic E-state index is 0.0200. The minimum Gasteiger partial charge on any atom is -0.396 e. The highest BCUT2D eigenvalue weighted by Gasteiger charge is 2.35. The molecular weight excluding hydrogens is 392 g/mol. The van der Waals surface area contributed by atoms with E-state index in [2.05, 4.69) is 55.1 Å². The molecule has 0 aliphatic rings. The van der Waals surface area contributed by atoms with Crippen LogP contribution < -0.4 is 10.5 Å². The van der Waals surface area contributed by atoms with Gasteiger partial charge in [0.25, 0.3) is 5.56 Å². The Morgan fingerprint density at radius 1 is 1.26 bits per heavy atom. The van der Waals surface area contributed by atoms with Crippen LogP contribution in [0.15, 0.2) is 29.1 Å². The van der Waals surface area contributed by atoms with E-state index < -0.39 is 0 Å². The molecule has 0 saturated heterocycles. The van der Waals surface area contributed by atoms with Gasteiger partial charge in [0, 0.05) is 18.9 Å². The second-order valence-corrected chi connectivity index (χ2v) is 9.67. The molecule has 0 spiro atoms. The summed E-state index contributed by atoms with van der Waals surface area (Å²) in [6.45, 7) is 13.9. The Morgan fingerprint density at radius 2 is 2.00 bits per heavy atom. The smallest absolute Gasteiger partial charge is 0.257 e. The van der Waals surface area contributed by atoms with Crippen LogP contribution in [0, 0.1) is 12.8 Å². The van der Waals surface area contributed by atoms with Crippen molar-refractivity contribution < 1.29 is 10.0 Å². The molecule has 0 saturated carbocycles. The quantitative estimate of drug-likeness (QED) is 0.508. The standard InChI is InChI=1S/C23H34N6O2/c1-15(2)20(21-25-26-27-29(21)23(4,5)6)28(11-8-12-30)14-18-13-17-10-7-9-16(3)19(17)24-22(18)31/h7,9-10,13,15,20,30H,8,11-12,14H2,1-6H3,(H,24,31)/p+1/t20-/m0/s1. The SMILES string of the molecule is Cc1cccc2cc(C[NH+](CCCO)[C@H](c3nnnn3C(C)(C)C)C(C)C)c(=O)[nH]c12. The van der Waals surface area contributed by atoms with Gasteiger partial charge in [-0.2, -0.15) is 0 Å². The van der Waals surface area contributed by atoms with Gasteiger partial charge in [-0.15, -0.1) is 5.10 Å². The topological polar surface area (TPSA) is 101 Å². The molecule has 3 aromatic rings. The number of fused-ring (bicyclic) bond motifs is 1. The lowest BCUT2D eigenvalue weighted by molar-refractivity contribution is -0.950. The Labute approximate surface area is 183 Å². The molecule has 0 aliphatic heterocycles. The van der Waals surface area contributed by atoms with E-state index in [1.807, 2.05) is 35.9 Å². The highest BCUT2D eigenvalue weighted by atomic mass is 16.3. The molecule has 0 aliphatic carbocycles. The predicted molar refractivity (Wildman–Crippen MR) is 121 cm³/mol. The number of rotatable bonds is 8. The molecule has 0 radical (unpaired) electrons. The third-order valence-electron chi connectivity index (χ3n) is 5.75. The molecule has 3 N–H and O–H groups in total. The second-order valence-electron chi connectivity index (χ2n) is 9.67. The van der Waals surface area contributed by atoms with Crippen LogP contribution in [-0.4, -0.2) is 43.4 Å². The van der Waals surface area contributed by atoms with E-state index in [-0.39, 0.29) is 29.7 Å². The number of aliphatic hydroxyl groups excluding tert-OH is 1. The number of aromatic nitrogens is 5. The number of aryl methyl sites for hydroxylation is 1. The summed E-state index contributed by atoms with van der Waals surface area (Å²) in [4.78, 5) is 17.2. The minimum atomic E-state index is -0.258. The van der Waals surface area contributed by atoms with Gasteiger partial charge in [-0.1, -0.05) is 32.0 Å². The second kappa shape index (κ2) is 9.28. The van der Waals surface area contributed by atoms with E-state index in [0.717, 1.165) is 27.9 Å². The maximum atomic E-state index is 12.9. The summed E-state index contributed by atoms with van der Waals surface area (Å²) < 4.78 is 1.88. The van der Waals surface area contributed by atoms with Crippen molar-refractivity contribution in [2.45, 2.75) is 66.1 Å². The molecule has 0 fully saturated rings. The molecule has 2 heterocycles. The summed E-state index contributed by atoms with van der Waals surface area (Å²) >= 11 is 0. The third kappa shape index (κ3) is 5.02. The number of H-pyrrole nitrogens is 1. The molecule has 1 unspecified atom stereocenters. The molecular formula is C23H35N6O2+. The number of para-hydroxylation sites is 1. The van der Waals surface area contributed by atoms with E-state index in [9.17, 15) is 9.90 Å². The van der Waals surface area contributed by atoms with Gasteiger partial charge in [-0.3, -0.25) is 4.79 Å². The highest BCUT2D eigenvalue weighted by Crippen LogP contribution is 2.22. The van der Waals surface area contributed by atoms with Crippen LogP contribution in [0.5, 0.6) is 0 Å². The molecule has 0 amide bonds. The van der Waals surface area contributed by atoms with Crippen molar-refractivity contribution in [3.05, 3.63) is 51.6 Å². The number of benzene rings is 1. The van der Waals surface area contributed by atoms with Gasteiger partial charge >= 0.3 is 0 Å². The van der Waals surface area contributed by atoms with Crippen molar-refractivity contribution >= 4 is 10.9 Å². The van der Waals surface area contributed by atoms with Gasteiger partial charge in [0.15, 0.2) is 6.04 Å². The third-order valence-corrected chi connectivity index (χ3v) is 5.75. The molecule has 8 heteroatoms. The zero-order chi connectivity index (χ0) is 22.8. The van der Waals surface area contributed by atoms with Crippen LogP contribution in [0.1, 0.15) is 64.0 Å². The molecule has 31 heavy (non-hydrogen) atoms. The normalized spacial score (nSPS) is 14.3. The predicted octanol–water partition coefficient (Wildman–Crippen LogP) is 1.74. The van der Waals surface area contributed by atoms with Gasteiger partial charge in [-0.25, -0.2) is 4.68 Å². The van der Waals surface area contributed by atoms with Crippen molar-refractivity contribution in [2.75, 3.05) is 13.2 Å². The first kappa shape index (κ1) is 23.1. The molecule has 168 valence electrons. The van der Waals surface area contributed by atoms with Gasteiger partial charge in [0.1, 0.15) is 6.54 Å². The lowest BCUT2D eigenvalue weighted by Crippen LogP contribution is -3.12. The summed E-state index contributed by atoms with van der Waals surface area (Å²) in [5.74, 6) is 1.05. The Morgan fingerprint density at radius 3 is 2.65 bits per heavy atom. The number of pyridine rings is 1. The number of hydrogen-bond donors (Lipinski definition) is 3. The number of aromatic amines is 1. The van der Waals surface area contributed by atoms with E-state index >= 15 is 0 Å². The Bertz CT molecular complexity index is 1080. The number of nitrogens with zero attached hydrogens (tertiary/aromatic N) is 4. The summed E-state index contributed by atoms with van der Waals surface area (Å²) in [6, 6.07) is 8.00. The van der Waals surface area contributed by atoms with Crippen LogP contribution in [0.25, 0.3) is 10.9 Å². The van der Waals surface area contributed by atoms with Crippen molar-refractivity contribution in [2.24, 2.45) is 5.92 Å². The fraction of sp³-hybridized carbons (Fsp3) is 0.565. The highest BCUT2D eigenvalue weighted by molar-refractivity contribution is 5.81. The van der Waals surface area contributed by atoms with Crippen molar-refractivity contribution in [1.29, 1.82) is 0 Å². The average molecular weight is 428 g/mol. The number of quaternary nitrogens is 1. The summed E-state index contributed by atoms with van der Waals surface area (Å²) in [6.07, 6.45) is 0.639. The monoisotopic (exact) mass is 427 g/mol. The molecule has 8 nitrogen and oxygen atoms in total. The van der Waals surface area contributed by atoms with E-state index in [4.69, 9.17) is 0 Å². The lowest BCUT2D eigenvalue weighted by Gasteiger charge is -2.32. The molecule has 0 bridgehead atoms. The van der Waals surface area contributed by atoms with Crippen LogP contribution in [0.3, 0.4) is 0 Å². The van der Waals surface area contributed by atoms with Crippen LogP contribution in [0.4, 0.5) is 0 Å². The molecule has 1 aromatic carbocycles. The number of tetrazole rings is 1. The van der Waals surface area contributed by atoms with Crippen molar-refractivity contribution in [3.8, 4) is 0 Å². The first-order valence-corrected chi connectivity index (χ1v) is 11.0. The molecule has 2 atom stereocenters. The van der Waals surface area contributed by atoms with Gasteiger partial charge in [0.05, 0.1) is 23.2 Å². The number of nitrogens with one attached hydrogen (secondary N) is 2. The summed E-state index contributed by atoms with van der Waals surface area (Å²) in [5.41, 5.74) is 2.33. The first-order chi connectivity index (χ1) is 14.6. The summed E-state index contributed by atoms with van der Waals surface area (Å²) in [5, 5.41) is 23.1. The maximum Gasteiger partial charge on any atom is 0.257 e. The Kier molecular flexibility index (Phi) is 6.91. The zero-order valence-electron chi connectivity index (χ0n) is 19.4. The molecule has 3 rings (SSSR count). The fourth-order valence-corrected chi connectivity index (χ4v) is 4.28. The van der Waals surface area contributed by atoms with E-state index in [1.54, 1.807) is 0 Å². The zero-order valence-corrected chi connectivity index (χ0v) is 19.4. The Balaban J connectivity index is 2.05. The van der Waals surface area contributed by atoms with Crippen LogP contribution in [0.2, 0.25) is 0 Å². The van der Waals surface area contributed by atoms with Gasteiger partial charge in [0.2, 0.25) is 5.82 Å². The number of hydrogen-bond acceptors (Lipinski definition) is 5. The number of aliphatic hydroxyl groups is 1. The maximum absolute atomic E-state index is 12.9. The van der Waals surface area contributed by atoms with Gasteiger partial charge < -0.3 is 15.0 Å². The largest absolute Gasteiger partial charge is 0.396 e. The summed E-state index contributed by atoms with van der Waals surface area (Å²) in [7, 11) is 0. The van der Waals surface area contributed by atoms with Crippen molar-refractivity contribution in [3.63, 3.8) is 0 Å². The van der Waals surface area contributed by atoms with E-state index in [0.29, 0.717) is 19.5 Å². The van der Waals surface area contributed by atoms with Crippen molar-refractivity contribution in [1.82, 2.24) is 25.2 Å². The van der Waals surface area contributed by atoms with Crippen LogP contribution in [-0.2, 0) is 12.1 Å². The van der Waals surface area contributed by atoms with Crippen LogP contribution >= 0.6 is 0 Å². The molecule has 2 aromatic heterocycles. The van der Waals surface area contributed by atoms with Gasteiger partial charge in [-0.05, 0) is 55.1 Å². The lowest BCUT2D eigenvalue weighted by atomic mass is 9.98. The fourth-order valence-electron chi connectivity index (χ4n) is 4.28. The Hall–Kier alpha value is -2.58. The first-order valence-electron chi connectivity index (χ1n) is 11.0. The van der Waals surface area contributed by atoms with E-state index in [1.165, 1.54) is 4.90 Å².